The maximum absolute atomic E-state index is 13.1. The van der Waals surface area contributed by atoms with E-state index in [0.29, 0.717) is 56.3 Å². The van der Waals surface area contributed by atoms with Crippen molar-refractivity contribution in [2.45, 2.75) is 32.2 Å². The molecule has 1 aromatic carbocycles. The predicted molar refractivity (Wildman–Crippen MR) is 109 cm³/mol. The fraction of sp³-hybridized carbons (Fsp3) is 0.545. The highest BCUT2D eigenvalue weighted by atomic mass is 19.1. The molecule has 9 heteroatoms. The number of nitrogens with zero attached hydrogens (tertiary/aromatic N) is 4. The summed E-state index contributed by atoms with van der Waals surface area (Å²) in [6.45, 7) is 3.18. The second-order valence-corrected chi connectivity index (χ2v) is 8.22. The molecule has 31 heavy (non-hydrogen) atoms. The van der Waals surface area contributed by atoms with Crippen molar-refractivity contribution in [3.05, 3.63) is 36.0 Å². The molecular formula is C22H27FN4O4. The largest absolute Gasteiger partial charge is 0.469 e. The zero-order chi connectivity index (χ0) is 21.8. The van der Waals surface area contributed by atoms with Gasteiger partial charge in [0.05, 0.1) is 25.5 Å². The molecule has 166 valence electrons. The molecule has 1 amide bonds. The van der Waals surface area contributed by atoms with Crippen molar-refractivity contribution in [2.24, 2.45) is 11.8 Å². The Kier molecular flexibility index (Phi) is 6.60. The number of likely N-dealkylation sites (tertiary alicyclic amines) is 2. The summed E-state index contributed by atoms with van der Waals surface area (Å²) >= 11 is 0. The Morgan fingerprint density at radius 2 is 1.87 bits per heavy atom. The first-order valence-electron chi connectivity index (χ1n) is 10.7. The molecule has 0 N–H and O–H groups in total. The van der Waals surface area contributed by atoms with Crippen LogP contribution < -0.4 is 0 Å². The van der Waals surface area contributed by atoms with Gasteiger partial charge in [-0.15, -0.1) is 0 Å². The SMILES string of the molecule is COC(=O)C1CCN(C(=O)C2CCCN(Cc3nc(-c4ccc(F)cc4)no3)C2)CC1. The summed E-state index contributed by atoms with van der Waals surface area (Å²) in [7, 11) is 1.41. The van der Waals surface area contributed by atoms with E-state index in [2.05, 4.69) is 15.0 Å². The Hall–Kier alpha value is -2.81. The number of esters is 1. The van der Waals surface area contributed by atoms with Crippen LogP contribution >= 0.6 is 0 Å². The molecule has 3 heterocycles. The molecule has 0 bridgehead atoms. The minimum Gasteiger partial charge on any atom is -0.469 e. The molecule has 1 aromatic heterocycles. The summed E-state index contributed by atoms with van der Waals surface area (Å²) in [6.07, 6.45) is 3.09. The van der Waals surface area contributed by atoms with E-state index in [1.165, 1.54) is 19.2 Å². The summed E-state index contributed by atoms with van der Waals surface area (Å²) in [4.78, 5) is 33.2. The molecule has 0 radical (unpaired) electrons. The summed E-state index contributed by atoms with van der Waals surface area (Å²) in [5.74, 6) is 0.388. The first-order chi connectivity index (χ1) is 15.0. The molecule has 4 rings (SSSR count). The lowest BCUT2D eigenvalue weighted by Crippen LogP contribution is -2.47. The van der Waals surface area contributed by atoms with E-state index in [-0.39, 0.29) is 29.5 Å². The van der Waals surface area contributed by atoms with E-state index in [1.807, 2.05) is 4.90 Å². The van der Waals surface area contributed by atoms with E-state index in [4.69, 9.17) is 9.26 Å². The Bertz CT molecular complexity index is 908. The normalized spacial score (nSPS) is 20.6. The highest BCUT2D eigenvalue weighted by Gasteiger charge is 2.33. The van der Waals surface area contributed by atoms with Crippen molar-refractivity contribution in [3.8, 4) is 11.4 Å². The average Bonchev–Trinajstić information content (AvgIpc) is 3.27. The molecule has 2 aliphatic heterocycles. The van der Waals surface area contributed by atoms with Crippen LogP contribution in [-0.2, 0) is 20.9 Å². The van der Waals surface area contributed by atoms with Gasteiger partial charge in [-0.25, -0.2) is 4.39 Å². The van der Waals surface area contributed by atoms with E-state index < -0.39 is 0 Å². The van der Waals surface area contributed by atoms with Crippen LogP contribution in [0.15, 0.2) is 28.8 Å². The third kappa shape index (κ3) is 5.10. The van der Waals surface area contributed by atoms with Crippen LogP contribution in [0.5, 0.6) is 0 Å². The van der Waals surface area contributed by atoms with Crippen LogP contribution in [0.4, 0.5) is 4.39 Å². The maximum atomic E-state index is 13.1. The zero-order valence-electron chi connectivity index (χ0n) is 17.6. The quantitative estimate of drug-likeness (QED) is 0.674. The first kappa shape index (κ1) is 21.4. The lowest BCUT2D eigenvalue weighted by Gasteiger charge is -2.37. The maximum Gasteiger partial charge on any atom is 0.308 e. The van der Waals surface area contributed by atoms with Gasteiger partial charge in [-0.3, -0.25) is 14.5 Å². The van der Waals surface area contributed by atoms with Crippen LogP contribution in [0.1, 0.15) is 31.6 Å². The van der Waals surface area contributed by atoms with Crippen LogP contribution in [0.25, 0.3) is 11.4 Å². The summed E-state index contributed by atoms with van der Waals surface area (Å²) < 4.78 is 23.3. The number of halogens is 1. The van der Waals surface area contributed by atoms with Gasteiger partial charge < -0.3 is 14.2 Å². The highest BCUT2D eigenvalue weighted by Crippen LogP contribution is 2.25. The number of aromatic nitrogens is 2. The number of ether oxygens (including phenoxy) is 1. The number of hydrogen-bond acceptors (Lipinski definition) is 7. The molecule has 2 aliphatic rings. The van der Waals surface area contributed by atoms with E-state index in [1.54, 1.807) is 12.1 Å². The number of benzene rings is 1. The summed E-state index contributed by atoms with van der Waals surface area (Å²) in [6, 6.07) is 5.95. The Morgan fingerprint density at radius 3 is 2.58 bits per heavy atom. The number of amides is 1. The summed E-state index contributed by atoms with van der Waals surface area (Å²) in [5.41, 5.74) is 0.693. The second kappa shape index (κ2) is 9.55. The van der Waals surface area contributed by atoms with Gasteiger partial charge >= 0.3 is 5.97 Å². The van der Waals surface area contributed by atoms with Gasteiger partial charge in [0.25, 0.3) is 0 Å². The molecule has 2 fully saturated rings. The van der Waals surface area contributed by atoms with Crippen molar-refractivity contribution in [2.75, 3.05) is 33.3 Å². The van der Waals surface area contributed by atoms with Crippen molar-refractivity contribution < 1.29 is 23.2 Å². The lowest BCUT2D eigenvalue weighted by atomic mass is 9.93. The van der Waals surface area contributed by atoms with Gasteiger partial charge in [-0.2, -0.15) is 4.98 Å². The fourth-order valence-corrected chi connectivity index (χ4v) is 4.39. The zero-order valence-corrected chi connectivity index (χ0v) is 17.6. The number of methoxy groups -OCH3 is 1. The number of carbonyl (C=O) groups excluding carboxylic acids is 2. The molecule has 0 spiro atoms. The number of hydrogen-bond donors (Lipinski definition) is 0. The van der Waals surface area contributed by atoms with E-state index >= 15 is 0 Å². The minimum atomic E-state index is -0.314. The predicted octanol–water partition coefficient (Wildman–Crippen LogP) is 2.50. The third-order valence-corrected chi connectivity index (χ3v) is 6.13. The number of carbonyl (C=O) groups is 2. The van der Waals surface area contributed by atoms with Crippen molar-refractivity contribution >= 4 is 11.9 Å². The standard InChI is InChI=1S/C22H27FN4O4/c1-30-22(29)16-8-11-27(12-9-16)21(28)17-3-2-10-26(13-17)14-19-24-20(25-31-19)15-4-6-18(23)7-5-15/h4-7,16-17H,2-3,8-14H2,1H3. The van der Waals surface area contributed by atoms with Gasteiger partial charge in [-0.05, 0) is 56.5 Å². The third-order valence-electron chi connectivity index (χ3n) is 6.13. The van der Waals surface area contributed by atoms with Gasteiger partial charge in [0.15, 0.2) is 0 Å². The summed E-state index contributed by atoms with van der Waals surface area (Å²) in [5, 5.41) is 3.99. The Morgan fingerprint density at radius 1 is 1.13 bits per heavy atom. The van der Waals surface area contributed by atoms with E-state index in [9.17, 15) is 14.0 Å². The molecule has 2 aromatic rings. The number of piperidine rings is 2. The molecule has 0 aliphatic carbocycles. The molecule has 1 unspecified atom stereocenters. The molecule has 0 saturated carbocycles. The van der Waals surface area contributed by atoms with Crippen molar-refractivity contribution in [1.82, 2.24) is 19.9 Å². The first-order valence-corrected chi connectivity index (χ1v) is 10.7. The van der Waals surface area contributed by atoms with Gasteiger partial charge in [0.1, 0.15) is 5.82 Å². The van der Waals surface area contributed by atoms with E-state index in [0.717, 1.165) is 19.4 Å². The molecular weight excluding hydrogens is 403 g/mol. The van der Waals surface area contributed by atoms with Crippen LogP contribution in [0, 0.1) is 17.7 Å². The second-order valence-electron chi connectivity index (χ2n) is 8.22. The topological polar surface area (TPSA) is 88.8 Å². The smallest absolute Gasteiger partial charge is 0.308 e. The Balaban J connectivity index is 1.31. The van der Waals surface area contributed by atoms with Gasteiger partial charge in [-0.1, -0.05) is 5.16 Å². The van der Waals surface area contributed by atoms with Crippen molar-refractivity contribution in [3.63, 3.8) is 0 Å². The van der Waals surface area contributed by atoms with Crippen LogP contribution in [-0.4, -0.2) is 65.1 Å². The van der Waals surface area contributed by atoms with Crippen molar-refractivity contribution in [1.29, 1.82) is 0 Å². The minimum absolute atomic E-state index is 0.0667. The van der Waals surface area contributed by atoms with Gasteiger partial charge in [0.2, 0.25) is 17.6 Å². The number of rotatable bonds is 5. The highest BCUT2D eigenvalue weighted by molar-refractivity contribution is 5.80. The molecule has 8 nitrogen and oxygen atoms in total. The molecule has 1 atom stereocenters. The molecule has 2 saturated heterocycles. The monoisotopic (exact) mass is 430 g/mol. The fourth-order valence-electron chi connectivity index (χ4n) is 4.39. The van der Waals surface area contributed by atoms with Crippen LogP contribution in [0.2, 0.25) is 0 Å². The van der Waals surface area contributed by atoms with Gasteiger partial charge in [0, 0.05) is 25.2 Å². The van der Waals surface area contributed by atoms with Crippen LogP contribution in [0.3, 0.4) is 0 Å². The lowest BCUT2D eigenvalue weighted by molar-refractivity contribution is -0.150. The average molecular weight is 430 g/mol. The Labute approximate surface area is 180 Å².